The van der Waals surface area contributed by atoms with E-state index < -0.39 is 0 Å². The van der Waals surface area contributed by atoms with E-state index in [0.29, 0.717) is 5.25 Å². The highest BCUT2D eigenvalue weighted by atomic mass is 32.2. The molecule has 0 radical (unpaired) electrons. The van der Waals surface area contributed by atoms with E-state index >= 15 is 0 Å². The van der Waals surface area contributed by atoms with Gasteiger partial charge in [-0.05, 0) is 6.26 Å². The van der Waals surface area contributed by atoms with E-state index in [4.69, 9.17) is 4.52 Å². The Morgan fingerprint density at radius 2 is 2.24 bits per heavy atom. The zero-order chi connectivity index (χ0) is 15.1. The molecule has 118 valence electrons. The molecule has 1 saturated heterocycles. The molecule has 2 rings (SSSR count). The zero-order valence-corrected chi connectivity index (χ0v) is 13.9. The lowest BCUT2D eigenvalue weighted by Crippen LogP contribution is -2.52. The van der Waals surface area contributed by atoms with Crippen LogP contribution in [0.3, 0.4) is 0 Å². The predicted octanol–water partition coefficient (Wildman–Crippen LogP) is 1.12. The van der Waals surface area contributed by atoms with Crippen LogP contribution in [-0.4, -0.2) is 72.2 Å². The quantitative estimate of drug-likeness (QED) is 0.650. The SMILES string of the molecule is CN=C(NCC(C)SC)N1CCN(Cc2ccon2)CC1. The lowest BCUT2D eigenvalue weighted by atomic mass is 10.3. The Kier molecular flexibility index (Phi) is 6.38. The van der Waals surface area contributed by atoms with Crippen molar-refractivity contribution < 1.29 is 4.52 Å². The molecule has 2 heterocycles. The van der Waals surface area contributed by atoms with Gasteiger partial charge in [0.15, 0.2) is 5.96 Å². The number of aromatic nitrogens is 1. The molecular weight excluding hydrogens is 286 g/mol. The Morgan fingerprint density at radius 3 is 2.81 bits per heavy atom. The topological polar surface area (TPSA) is 56.9 Å². The number of nitrogens with one attached hydrogen (secondary N) is 1. The van der Waals surface area contributed by atoms with E-state index in [1.807, 2.05) is 24.9 Å². The lowest BCUT2D eigenvalue weighted by Gasteiger charge is -2.36. The fraction of sp³-hybridized carbons (Fsp3) is 0.714. The summed E-state index contributed by atoms with van der Waals surface area (Å²) in [5.41, 5.74) is 1.000. The maximum atomic E-state index is 4.88. The van der Waals surface area contributed by atoms with Crippen molar-refractivity contribution in [2.24, 2.45) is 4.99 Å². The lowest BCUT2D eigenvalue weighted by molar-refractivity contribution is 0.169. The van der Waals surface area contributed by atoms with Crippen LogP contribution in [0.2, 0.25) is 0 Å². The van der Waals surface area contributed by atoms with Crippen LogP contribution in [-0.2, 0) is 6.54 Å². The maximum absolute atomic E-state index is 4.88. The number of nitrogens with zero attached hydrogens (tertiary/aromatic N) is 4. The van der Waals surface area contributed by atoms with Crippen molar-refractivity contribution in [3.63, 3.8) is 0 Å². The van der Waals surface area contributed by atoms with Crippen molar-refractivity contribution in [2.45, 2.75) is 18.7 Å². The summed E-state index contributed by atoms with van der Waals surface area (Å²) < 4.78 is 4.88. The van der Waals surface area contributed by atoms with Crippen LogP contribution in [0.5, 0.6) is 0 Å². The van der Waals surface area contributed by atoms with Crippen molar-refractivity contribution in [3.8, 4) is 0 Å². The van der Waals surface area contributed by atoms with Gasteiger partial charge in [-0.2, -0.15) is 11.8 Å². The van der Waals surface area contributed by atoms with E-state index in [-0.39, 0.29) is 0 Å². The molecule has 0 aliphatic carbocycles. The third-order valence-corrected chi connectivity index (χ3v) is 4.68. The summed E-state index contributed by atoms with van der Waals surface area (Å²) in [4.78, 5) is 9.12. The second-order valence-corrected chi connectivity index (χ2v) is 6.50. The number of rotatable bonds is 5. The second kappa shape index (κ2) is 8.29. The molecule has 0 bridgehead atoms. The summed E-state index contributed by atoms with van der Waals surface area (Å²) in [6, 6.07) is 1.93. The molecule has 1 atom stereocenters. The molecule has 1 aliphatic heterocycles. The molecule has 0 spiro atoms. The molecule has 7 heteroatoms. The van der Waals surface area contributed by atoms with Gasteiger partial charge in [-0.1, -0.05) is 12.1 Å². The first-order valence-corrected chi connectivity index (χ1v) is 8.61. The van der Waals surface area contributed by atoms with Crippen molar-refractivity contribution in [1.82, 2.24) is 20.3 Å². The molecule has 6 nitrogen and oxygen atoms in total. The molecular formula is C14H25N5OS. The van der Waals surface area contributed by atoms with Crippen LogP contribution < -0.4 is 5.32 Å². The van der Waals surface area contributed by atoms with Gasteiger partial charge in [-0.3, -0.25) is 9.89 Å². The summed E-state index contributed by atoms with van der Waals surface area (Å²) in [5.74, 6) is 1.01. The third-order valence-electron chi connectivity index (χ3n) is 3.71. The number of aliphatic imine (C=N–C) groups is 1. The Morgan fingerprint density at radius 1 is 1.48 bits per heavy atom. The second-order valence-electron chi connectivity index (χ2n) is 5.23. The average Bonchev–Trinajstić information content (AvgIpc) is 3.02. The van der Waals surface area contributed by atoms with Crippen molar-refractivity contribution in [1.29, 1.82) is 0 Å². The minimum absolute atomic E-state index is 0.593. The van der Waals surface area contributed by atoms with Crippen molar-refractivity contribution in [3.05, 3.63) is 18.0 Å². The van der Waals surface area contributed by atoms with E-state index in [1.54, 1.807) is 6.26 Å². The average molecular weight is 311 g/mol. The predicted molar refractivity (Wildman–Crippen MR) is 87.7 cm³/mol. The fourth-order valence-electron chi connectivity index (χ4n) is 2.32. The minimum atomic E-state index is 0.593. The molecule has 1 aromatic rings. The first kappa shape index (κ1) is 16.2. The highest BCUT2D eigenvalue weighted by molar-refractivity contribution is 7.99. The van der Waals surface area contributed by atoms with Crippen LogP contribution in [0.15, 0.2) is 21.8 Å². The zero-order valence-electron chi connectivity index (χ0n) is 13.1. The Bertz CT molecular complexity index is 429. The number of hydrogen-bond acceptors (Lipinski definition) is 5. The Labute approximate surface area is 130 Å². The van der Waals surface area contributed by atoms with Gasteiger partial charge in [0.1, 0.15) is 6.26 Å². The molecule has 1 unspecified atom stereocenters. The van der Waals surface area contributed by atoms with Gasteiger partial charge in [0.25, 0.3) is 0 Å². The standard InChI is InChI=1S/C14H25N5OS/c1-12(21-3)10-16-14(15-2)19-7-5-18(6-8-19)11-13-4-9-20-17-13/h4,9,12H,5-8,10-11H2,1-3H3,(H,15,16). The van der Waals surface area contributed by atoms with Crippen LogP contribution in [0.25, 0.3) is 0 Å². The van der Waals surface area contributed by atoms with Gasteiger partial charge in [0.2, 0.25) is 0 Å². The monoisotopic (exact) mass is 311 g/mol. The number of thioether (sulfide) groups is 1. The maximum Gasteiger partial charge on any atom is 0.193 e. The van der Waals surface area contributed by atoms with E-state index in [0.717, 1.165) is 50.9 Å². The molecule has 0 saturated carbocycles. The number of piperazine rings is 1. The third kappa shape index (κ3) is 4.93. The van der Waals surface area contributed by atoms with Crippen LogP contribution in [0, 0.1) is 0 Å². The van der Waals surface area contributed by atoms with Crippen molar-refractivity contribution >= 4 is 17.7 Å². The van der Waals surface area contributed by atoms with E-state index in [9.17, 15) is 0 Å². The number of guanidine groups is 1. The van der Waals surface area contributed by atoms with Crippen molar-refractivity contribution in [2.75, 3.05) is 46.0 Å². The minimum Gasteiger partial charge on any atom is -0.364 e. The summed E-state index contributed by atoms with van der Waals surface area (Å²) in [5, 5.41) is 8.02. The van der Waals surface area contributed by atoms with Gasteiger partial charge in [-0.15, -0.1) is 0 Å². The summed E-state index contributed by atoms with van der Waals surface area (Å²) >= 11 is 1.87. The van der Waals surface area contributed by atoms with E-state index in [2.05, 4.69) is 38.4 Å². The molecule has 1 fully saturated rings. The smallest absolute Gasteiger partial charge is 0.193 e. The summed E-state index contributed by atoms with van der Waals surface area (Å²) in [7, 11) is 1.86. The van der Waals surface area contributed by atoms with E-state index in [1.165, 1.54) is 0 Å². The molecule has 0 aromatic carbocycles. The number of hydrogen-bond donors (Lipinski definition) is 1. The molecule has 0 amide bonds. The normalized spacial score (nSPS) is 18.8. The van der Waals surface area contributed by atoms with Gasteiger partial charge in [0, 0.05) is 57.6 Å². The fourth-order valence-corrected chi connectivity index (χ4v) is 2.57. The Hall–Kier alpha value is -1.21. The van der Waals surface area contributed by atoms with Gasteiger partial charge in [0.05, 0.1) is 5.69 Å². The molecule has 21 heavy (non-hydrogen) atoms. The first-order chi connectivity index (χ1) is 10.2. The largest absolute Gasteiger partial charge is 0.364 e. The van der Waals surface area contributed by atoms with Crippen LogP contribution >= 0.6 is 11.8 Å². The summed E-state index contributed by atoms with van der Waals surface area (Å²) in [6.07, 6.45) is 3.77. The van der Waals surface area contributed by atoms with Crippen LogP contribution in [0.4, 0.5) is 0 Å². The molecule has 1 aromatic heterocycles. The van der Waals surface area contributed by atoms with Gasteiger partial charge < -0.3 is 14.7 Å². The Balaban J connectivity index is 1.76. The van der Waals surface area contributed by atoms with Gasteiger partial charge >= 0.3 is 0 Å². The molecule has 1 N–H and O–H groups in total. The molecule has 1 aliphatic rings. The van der Waals surface area contributed by atoms with Crippen LogP contribution in [0.1, 0.15) is 12.6 Å². The first-order valence-electron chi connectivity index (χ1n) is 7.33. The summed E-state index contributed by atoms with van der Waals surface area (Å²) in [6.45, 7) is 8.06. The highest BCUT2D eigenvalue weighted by Gasteiger charge is 2.20. The van der Waals surface area contributed by atoms with Gasteiger partial charge in [-0.25, -0.2) is 0 Å². The highest BCUT2D eigenvalue weighted by Crippen LogP contribution is 2.08.